The first-order chi connectivity index (χ1) is 11.5. The van der Waals surface area contributed by atoms with Crippen LogP contribution in [0.2, 0.25) is 0 Å². The largest absolute Gasteiger partial charge is 0.307 e. The Hall–Kier alpha value is -2.75. The fourth-order valence-electron chi connectivity index (χ4n) is 2.52. The summed E-state index contributed by atoms with van der Waals surface area (Å²) in [7, 11) is 0. The number of aryl methyl sites for hydroxylation is 2. The molecule has 0 fully saturated rings. The Morgan fingerprint density at radius 3 is 1.58 bits per heavy atom. The van der Waals surface area contributed by atoms with Crippen LogP contribution in [0.5, 0.6) is 0 Å². The van der Waals surface area contributed by atoms with Gasteiger partial charge in [0.2, 0.25) is 0 Å². The van der Waals surface area contributed by atoms with E-state index in [0.29, 0.717) is 17.4 Å². The number of nitrogens with zero attached hydrogens (tertiary/aromatic N) is 1. The van der Waals surface area contributed by atoms with E-state index in [1.165, 1.54) is 4.90 Å². The predicted octanol–water partition coefficient (Wildman–Crippen LogP) is 6.19. The summed E-state index contributed by atoms with van der Waals surface area (Å²) >= 11 is 0. The standard InChI is InChI=1S/C20H16F3N/c1-13-3-7-16(8-4-13)24(17-9-5-14(2)6-10-17)19-12-15(21)11-18(22)20(19)23/h3-12H,1-2H3. The van der Waals surface area contributed by atoms with Gasteiger partial charge in [0.05, 0.1) is 5.69 Å². The zero-order valence-electron chi connectivity index (χ0n) is 13.4. The minimum atomic E-state index is -1.21. The molecular weight excluding hydrogens is 311 g/mol. The van der Waals surface area contributed by atoms with Gasteiger partial charge in [-0.25, -0.2) is 13.2 Å². The van der Waals surface area contributed by atoms with Crippen LogP contribution in [0.25, 0.3) is 0 Å². The quantitative estimate of drug-likeness (QED) is 0.518. The number of hydrogen-bond acceptors (Lipinski definition) is 1. The zero-order chi connectivity index (χ0) is 17.3. The first kappa shape index (κ1) is 16.1. The van der Waals surface area contributed by atoms with Crippen LogP contribution in [0.15, 0.2) is 60.7 Å². The highest BCUT2D eigenvalue weighted by Crippen LogP contribution is 2.37. The molecule has 0 spiro atoms. The fraction of sp³-hybridized carbons (Fsp3) is 0.100. The van der Waals surface area contributed by atoms with E-state index >= 15 is 0 Å². The third kappa shape index (κ3) is 3.13. The topological polar surface area (TPSA) is 3.24 Å². The van der Waals surface area contributed by atoms with Gasteiger partial charge in [0.15, 0.2) is 11.6 Å². The van der Waals surface area contributed by atoms with Crippen molar-refractivity contribution in [1.82, 2.24) is 0 Å². The molecule has 0 heterocycles. The van der Waals surface area contributed by atoms with Crippen LogP contribution in [0.3, 0.4) is 0 Å². The molecule has 0 N–H and O–H groups in total. The first-order valence-corrected chi connectivity index (χ1v) is 7.54. The van der Waals surface area contributed by atoms with E-state index in [1.54, 1.807) is 24.3 Å². The zero-order valence-corrected chi connectivity index (χ0v) is 13.4. The smallest absolute Gasteiger partial charge is 0.182 e. The SMILES string of the molecule is Cc1ccc(N(c2ccc(C)cc2)c2cc(F)cc(F)c2F)cc1. The maximum atomic E-state index is 14.4. The van der Waals surface area contributed by atoms with E-state index in [1.807, 2.05) is 38.1 Å². The van der Waals surface area contributed by atoms with E-state index in [0.717, 1.165) is 17.2 Å². The highest BCUT2D eigenvalue weighted by Gasteiger charge is 2.20. The Morgan fingerprint density at radius 1 is 0.667 bits per heavy atom. The molecule has 24 heavy (non-hydrogen) atoms. The lowest BCUT2D eigenvalue weighted by Crippen LogP contribution is -2.13. The highest BCUT2D eigenvalue weighted by molar-refractivity contribution is 5.77. The van der Waals surface area contributed by atoms with Gasteiger partial charge in [-0.05, 0) is 38.1 Å². The van der Waals surface area contributed by atoms with Crippen molar-refractivity contribution in [3.63, 3.8) is 0 Å². The van der Waals surface area contributed by atoms with Crippen molar-refractivity contribution in [3.05, 3.63) is 89.2 Å². The van der Waals surface area contributed by atoms with Crippen molar-refractivity contribution in [1.29, 1.82) is 0 Å². The molecule has 122 valence electrons. The molecule has 3 rings (SSSR count). The van der Waals surface area contributed by atoms with Crippen LogP contribution in [0.1, 0.15) is 11.1 Å². The van der Waals surface area contributed by atoms with Crippen molar-refractivity contribution in [2.45, 2.75) is 13.8 Å². The lowest BCUT2D eigenvalue weighted by atomic mass is 10.1. The molecule has 0 saturated heterocycles. The van der Waals surface area contributed by atoms with Crippen LogP contribution >= 0.6 is 0 Å². The second-order valence-corrected chi connectivity index (χ2v) is 5.73. The number of benzene rings is 3. The molecule has 0 aromatic heterocycles. The summed E-state index contributed by atoms with van der Waals surface area (Å²) in [5.74, 6) is -3.13. The molecule has 3 aromatic carbocycles. The summed E-state index contributed by atoms with van der Waals surface area (Å²) < 4.78 is 41.8. The van der Waals surface area contributed by atoms with Gasteiger partial charge < -0.3 is 4.90 Å². The van der Waals surface area contributed by atoms with Gasteiger partial charge in [-0.1, -0.05) is 35.4 Å². The van der Waals surface area contributed by atoms with E-state index in [4.69, 9.17) is 0 Å². The molecule has 1 nitrogen and oxygen atoms in total. The van der Waals surface area contributed by atoms with Crippen molar-refractivity contribution in [3.8, 4) is 0 Å². The minimum absolute atomic E-state index is 0.166. The lowest BCUT2D eigenvalue weighted by molar-refractivity contribution is 0.496. The molecule has 0 atom stereocenters. The van der Waals surface area contributed by atoms with Gasteiger partial charge in [0.25, 0.3) is 0 Å². The van der Waals surface area contributed by atoms with Gasteiger partial charge >= 0.3 is 0 Å². The highest BCUT2D eigenvalue weighted by atomic mass is 19.2. The Kier molecular flexibility index (Phi) is 4.30. The third-order valence-corrected chi connectivity index (χ3v) is 3.80. The summed E-state index contributed by atoms with van der Waals surface area (Å²) in [4.78, 5) is 1.50. The molecule has 0 aliphatic heterocycles. The normalized spacial score (nSPS) is 10.7. The Balaban J connectivity index is 2.22. The molecule has 0 bridgehead atoms. The summed E-state index contributed by atoms with van der Waals surface area (Å²) in [6.45, 7) is 3.87. The average Bonchev–Trinajstić information content (AvgIpc) is 2.55. The van der Waals surface area contributed by atoms with Crippen molar-refractivity contribution in [2.24, 2.45) is 0 Å². The molecule has 3 aromatic rings. The molecule has 4 heteroatoms. The maximum absolute atomic E-state index is 14.4. The van der Waals surface area contributed by atoms with Crippen LogP contribution in [0.4, 0.5) is 30.2 Å². The molecular formula is C20H16F3N. The third-order valence-electron chi connectivity index (χ3n) is 3.80. The van der Waals surface area contributed by atoms with Crippen LogP contribution < -0.4 is 4.90 Å². The lowest BCUT2D eigenvalue weighted by Gasteiger charge is -2.26. The Bertz CT molecular complexity index is 810. The predicted molar refractivity (Wildman–Crippen MR) is 90.5 cm³/mol. The van der Waals surface area contributed by atoms with Gasteiger partial charge in [-0.15, -0.1) is 0 Å². The van der Waals surface area contributed by atoms with Gasteiger partial charge in [-0.2, -0.15) is 0 Å². The molecule has 0 aliphatic carbocycles. The van der Waals surface area contributed by atoms with E-state index in [2.05, 4.69) is 0 Å². The summed E-state index contributed by atoms with van der Waals surface area (Å²) in [5, 5.41) is 0. The fourth-order valence-corrected chi connectivity index (χ4v) is 2.52. The number of hydrogen-bond donors (Lipinski definition) is 0. The summed E-state index contributed by atoms with van der Waals surface area (Å²) in [6.07, 6.45) is 0. The molecule has 0 amide bonds. The number of rotatable bonds is 3. The minimum Gasteiger partial charge on any atom is -0.307 e. The Labute approximate surface area is 139 Å². The van der Waals surface area contributed by atoms with Crippen LogP contribution in [0, 0.1) is 31.3 Å². The summed E-state index contributed by atoms with van der Waals surface area (Å²) in [6, 6.07) is 16.2. The van der Waals surface area contributed by atoms with Crippen molar-refractivity contribution in [2.75, 3.05) is 4.90 Å². The molecule has 0 aliphatic rings. The number of halogens is 3. The van der Waals surface area contributed by atoms with Crippen molar-refractivity contribution >= 4 is 17.1 Å². The van der Waals surface area contributed by atoms with E-state index in [-0.39, 0.29) is 5.69 Å². The Morgan fingerprint density at radius 2 is 1.12 bits per heavy atom. The first-order valence-electron chi connectivity index (χ1n) is 7.54. The van der Waals surface area contributed by atoms with Gasteiger partial charge in [0.1, 0.15) is 5.82 Å². The second-order valence-electron chi connectivity index (χ2n) is 5.73. The monoisotopic (exact) mass is 327 g/mol. The van der Waals surface area contributed by atoms with Crippen LogP contribution in [-0.2, 0) is 0 Å². The molecule has 0 saturated carbocycles. The summed E-state index contributed by atoms with van der Waals surface area (Å²) in [5.41, 5.74) is 3.14. The molecule has 0 radical (unpaired) electrons. The number of anilines is 3. The maximum Gasteiger partial charge on any atom is 0.182 e. The van der Waals surface area contributed by atoms with Crippen LogP contribution in [-0.4, -0.2) is 0 Å². The van der Waals surface area contributed by atoms with Gasteiger partial charge in [-0.3, -0.25) is 0 Å². The van der Waals surface area contributed by atoms with Crippen molar-refractivity contribution < 1.29 is 13.2 Å². The molecule has 0 unspecified atom stereocenters. The van der Waals surface area contributed by atoms with E-state index in [9.17, 15) is 13.2 Å². The second kappa shape index (κ2) is 6.40. The van der Waals surface area contributed by atoms with E-state index < -0.39 is 17.5 Å². The van der Waals surface area contributed by atoms with Gasteiger partial charge in [0, 0.05) is 23.5 Å². The average molecular weight is 327 g/mol.